The van der Waals surface area contributed by atoms with E-state index in [1.165, 1.54) is 4.90 Å². The minimum atomic E-state index is -0.759. The minimum absolute atomic E-state index is 0.0214. The third-order valence-electron chi connectivity index (χ3n) is 2.08. The van der Waals surface area contributed by atoms with Gasteiger partial charge >= 0.3 is 0 Å². The van der Waals surface area contributed by atoms with E-state index in [2.05, 4.69) is 0 Å². The molecular formula is C8H15NO3. The fourth-order valence-corrected chi connectivity index (χ4v) is 1.35. The number of hydrogen-bond donors (Lipinski definition) is 2. The lowest BCUT2D eigenvalue weighted by atomic mass is 10.3. The summed E-state index contributed by atoms with van der Waals surface area (Å²) in [6.45, 7) is 2.49. The molecule has 1 saturated heterocycles. The van der Waals surface area contributed by atoms with E-state index in [4.69, 9.17) is 10.2 Å². The first kappa shape index (κ1) is 9.48. The third-order valence-corrected chi connectivity index (χ3v) is 2.08. The normalized spacial score (nSPS) is 29.4. The van der Waals surface area contributed by atoms with E-state index in [0.717, 1.165) is 6.42 Å². The van der Waals surface area contributed by atoms with Crippen LogP contribution in [0, 0.1) is 0 Å². The van der Waals surface area contributed by atoms with Gasteiger partial charge < -0.3 is 15.1 Å². The Hall–Kier alpha value is -0.610. The summed E-state index contributed by atoms with van der Waals surface area (Å²) in [5.41, 5.74) is 0. The van der Waals surface area contributed by atoms with Crippen LogP contribution in [-0.4, -0.2) is 46.3 Å². The summed E-state index contributed by atoms with van der Waals surface area (Å²) >= 11 is 0. The highest BCUT2D eigenvalue weighted by atomic mass is 16.3. The van der Waals surface area contributed by atoms with E-state index < -0.39 is 12.2 Å². The van der Waals surface area contributed by atoms with Gasteiger partial charge in [0.05, 0.1) is 12.2 Å². The number of β-amino-alcohol motifs (C(OH)–C–C–N with tert-alkyl or cyclic N) is 2. The van der Waals surface area contributed by atoms with Gasteiger partial charge in [-0.15, -0.1) is 0 Å². The van der Waals surface area contributed by atoms with Crippen molar-refractivity contribution < 1.29 is 15.0 Å². The molecule has 0 aromatic rings. The minimum Gasteiger partial charge on any atom is -0.388 e. The number of nitrogens with zero attached hydrogens (tertiary/aromatic N) is 1. The molecule has 1 rings (SSSR count). The molecule has 12 heavy (non-hydrogen) atoms. The van der Waals surface area contributed by atoms with Gasteiger partial charge in [-0.1, -0.05) is 6.92 Å². The third kappa shape index (κ3) is 1.95. The predicted molar refractivity (Wildman–Crippen MR) is 43.5 cm³/mol. The Labute approximate surface area is 71.8 Å². The number of hydrogen-bond acceptors (Lipinski definition) is 3. The van der Waals surface area contributed by atoms with Gasteiger partial charge in [0.25, 0.3) is 0 Å². The lowest BCUT2D eigenvalue weighted by Crippen LogP contribution is -2.29. The van der Waals surface area contributed by atoms with Gasteiger partial charge in [0.1, 0.15) is 0 Å². The van der Waals surface area contributed by atoms with Crippen LogP contribution in [0.4, 0.5) is 0 Å². The van der Waals surface area contributed by atoms with E-state index >= 15 is 0 Å². The summed E-state index contributed by atoms with van der Waals surface area (Å²) in [6, 6.07) is 0. The van der Waals surface area contributed by atoms with Gasteiger partial charge in [-0.05, 0) is 6.42 Å². The average Bonchev–Trinajstić information content (AvgIpc) is 2.33. The van der Waals surface area contributed by atoms with Gasteiger partial charge in [0, 0.05) is 19.5 Å². The topological polar surface area (TPSA) is 60.8 Å². The van der Waals surface area contributed by atoms with Gasteiger partial charge in [-0.25, -0.2) is 0 Å². The molecule has 0 aliphatic carbocycles. The molecule has 1 heterocycles. The number of amides is 1. The summed E-state index contributed by atoms with van der Waals surface area (Å²) in [4.78, 5) is 12.8. The molecule has 4 heteroatoms. The Morgan fingerprint density at radius 1 is 1.42 bits per heavy atom. The average molecular weight is 173 g/mol. The Morgan fingerprint density at radius 3 is 2.33 bits per heavy atom. The second-order valence-corrected chi connectivity index (χ2v) is 3.18. The van der Waals surface area contributed by atoms with Crippen molar-refractivity contribution in [3.8, 4) is 0 Å². The molecule has 0 spiro atoms. The van der Waals surface area contributed by atoms with Crippen LogP contribution in [0.15, 0.2) is 0 Å². The lowest BCUT2D eigenvalue weighted by molar-refractivity contribution is -0.130. The maximum Gasteiger partial charge on any atom is 0.222 e. The molecule has 0 radical (unpaired) electrons. The Bertz CT molecular complexity index is 162. The van der Waals surface area contributed by atoms with Crippen LogP contribution in [0.2, 0.25) is 0 Å². The SMILES string of the molecule is CCCC(=O)N1C[C@@H](O)[C@@H](O)C1. The highest BCUT2D eigenvalue weighted by Gasteiger charge is 2.31. The standard InChI is InChI=1S/C8H15NO3/c1-2-3-8(12)9-4-6(10)7(11)5-9/h6-7,10-11H,2-5H2,1H3/t6-,7+. The summed E-state index contributed by atoms with van der Waals surface area (Å²) in [6.07, 6.45) is -0.211. The Morgan fingerprint density at radius 2 is 1.92 bits per heavy atom. The van der Waals surface area contributed by atoms with Crippen LogP contribution in [0.25, 0.3) is 0 Å². The fourth-order valence-electron chi connectivity index (χ4n) is 1.35. The van der Waals surface area contributed by atoms with Crippen molar-refractivity contribution >= 4 is 5.91 Å². The zero-order valence-corrected chi connectivity index (χ0v) is 7.23. The van der Waals surface area contributed by atoms with Crippen LogP contribution >= 0.6 is 0 Å². The molecule has 0 unspecified atom stereocenters. The highest BCUT2D eigenvalue weighted by Crippen LogP contribution is 2.11. The summed E-state index contributed by atoms with van der Waals surface area (Å²) in [5, 5.41) is 18.3. The molecule has 2 N–H and O–H groups in total. The molecule has 1 aliphatic heterocycles. The zero-order valence-electron chi connectivity index (χ0n) is 7.23. The smallest absolute Gasteiger partial charge is 0.222 e. The van der Waals surface area contributed by atoms with E-state index in [1.54, 1.807) is 0 Å². The molecule has 0 bridgehead atoms. The summed E-state index contributed by atoms with van der Waals surface area (Å²) in [5.74, 6) is 0.0214. The molecule has 0 aromatic heterocycles. The van der Waals surface area contributed by atoms with E-state index in [9.17, 15) is 4.79 Å². The number of carbonyl (C=O) groups excluding carboxylic acids is 1. The fraction of sp³-hybridized carbons (Fsp3) is 0.875. The molecule has 1 amide bonds. The monoisotopic (exact) mass is 173 g/mol. The van der Waals surface area contributed by atoms with Gasteiger partial charge in [0.2, 0.25) is 5.91 Å². The molecular weight excluding hydrogens is 158 g/mol. The summed E-state index contributed by atoms with van der Waals surface area (Å²) in [7, 11) is 0. The Balaban J connectivity index is 2.40. The molecule has 70 valence electrons. The first-order valence-electron chi connectivity index (χ1n) is 4.29. The van der Waals surface area contributed by atoms with Crippen molar-refractivity contribution in [2.24, 2.45) is 0 Å². The van der Waals surface area contributed by atoms with Gasteiger partial charge in [-0.2, -0.15) is 0 Å². The van der Waals surface area contributed by atoms with Crippen LogP contribution in [0.5, 0.6) is 0 Å². The van der Waals surface area contributed by atoms with Crippen molar-refractivity contribution in [2.75, 3.05) is 13.1 Å². The maximum absolute atomic E-state index is 11.2. The quantitative estimate of drug-likeness (QED) is 0.583. The molecule has 1 fully saturated rings. The maximum atomic E-state index is 11.2. The van der Waals surface area contributed by atoms with Crippen molar-refractivity contribution in [3.05, 3.63) is 0 Å². The van der Waals surface area contributed by atoms with E-state index in [1.807, 2.05) is 6.92 Å². The largest absolute Gasteiger partial charge is 0.388 e. The lowest BCUT2D eigenvalue weighted by Gasteiger charge is -2.14. The first-order valence-corrected chi connectivity index (χ1v) is 4.29. The van der Waals surface area contributed by atoms with Crippen molar-refractivity contribution in [1.29, 1.82) is 0 Å². The molecule has 2 atom stereocenters. The van der Waals surface area contributed by atoms with Crippen LogP contribution in [-0.2, 0) is 4.79 Å². The number of carbonyl (C=O) groups is 1. The molecule has 4 nitrogen and oxygen atoms in total. The van der Waals surface area contributed by atoms with Crippen molar-refractivity contribution in [2.45, 2.75) is 32.0 Å². The number of likely N-dealkylation sites (tertiary alicyclic amines) is 1. The number of aliphatic hydroxyl groups excluding tert-OH is 2. The van der Waals surface area contributed by atoms with Gasteiger partial charge in [-0.3, -0.25) is 4.79 Å². The zero-order chi connectivity index (χ0) is 9.14. The first-order chi connectivity index (χ1) is 5.65. The second kappa shape index (κ2) is 3.87. The van der Waals surface area contributed by atoms with E-state index in [0.29, 0.717) is 6.42 Å². The van der Waals surface area contributed by atoms with Gasteiger partial charge in [0.15, 0.2) is 0 Å². The Kier molecular flexibility index (Phi) is 3.05. The molecule has 0 aromatic carbocycles. The van der Waals surface area contributed by atoms with Crippen LogP contribution in [0.3, 0.4) is 0 Å². The van der Waals surface area contributed by atoms with Crippen molar-refractivity contribution in [1.82, 2.24) is 4.90 Å². The molecule has 1 aliphatic rings. The van der Waals surface area contributed by atoms with E-state index in [-0.39, 0.29) is 19.0 Å². The molecule has 0 saturated carbocycles. The second-order valence-electron chi connectivity index (χ2n) is 3.18. The predicted octanol–water partition coefficient (Wildman–Crippen LogP) is -0.650. The number of rotatable bonds is 2. The summed E-state index contributed by atoms with van der Waals surface area (Å²) < 4.78 is 0. The highest BCUT2D eigenvalue weighted by molar-refractivity contribution is 5.76. The van der Waals surface area contributed by atoms with Crippen LogP contribution < -0.4 is 0 Å². The number of aliphatic hydroxyl groups is 2. The van der Waals surface area contributed by atoms with Crippen LogP contribution in [0.1, 0.15) is 19.8 Å². The van der Waals surface area contributed by atoms with Crippen molar-refractivity contribution in [3.63, 3.8) is 0 Å².